The number of carbonyl (C=O) groups is 1. The zero-order chi connectivity index (χ0) is 27.4. The molecule has 8 nitrogen and oxygen atoms in total. The number of pyridine rings is 1. The van der Waals surface area contributed by atoms with Crippen molar-refractivity contribution in [3.05, 3.63) is 58.2 Å². The van der Waals surface area contributed by atoms with Gasteiger partial charge in [-0.15, -0.1) is 0 Å². The number of aryl methyl sites for hydroxylation is 1. The second-order valence-electron chi connectivity index (χ2n) is 8.58. The summed E-state index contributed by atoms with van der Waals surface area (Å²) in [4.78, 5) is 26.1. The minimum absolute atomic E-state index is 0.0605. The molecular formula is C23H22F6N6O2S. The number of likely N-dealkylation sites (tertiary alicyclic amines) is 1. The Hall–Kier alpha value is -3.33. The minimum atomic E-state index is -4.60. The predicted octanol–water partition coefficient (Wildman–Crippen LogP) is 4.55. The van der Waals surface area contributed by atoms with Crippen LogP contribution in [0.15, 0.2) is 30.7 Å². The molecule has 2 atom stereocenters. The highest BCUT2D eigenvalue weighted by Gasteiger charge is 2.33. The smallest absolute Gasteiger partial charge is 0.434 e. The van der Waals surface area contributed by atoms with Gasteiger partial charge in [-0.3, -0.25) is 14.7 Å². The van der Waals surface area contributed by atoms with Crippen molar-refractivity contribution < 1.29 is 35.9 Å². The highest BCUT2D eigenvalue weighted by atomic mass is 32.1. The third-order valence-corrected chi connectivity index (χ3v) is 6.66. The maximum Gasteiger partial charge on any atom is 0.434 e. The van der Waals surface area contributed by atoms with E-state index in [-0.39, 0.29) is 43.1 Å². The summed E-state index contributed by atoms with van der Waals surface area (Å²) in [5, 5.41) is 2.68. The number of amides is 1. The molecule has 0 radical (unpaired) electrons. The van der Waals surface area contributed by atoms with Gasteiger partial charge in [0.1, 0.15) is 12.3 Å². The summed E-state index contributed by atoms with van der Waals surface area (Å²) in [7, 11) is 0. The number of hydrogen-bond acceptors (Lipinski definition) is 8. The highest BCUT2D eigenvalue weighted by molar-refractivity contribution is 7.06. The van der Waals surface area contributed by atoms with Gasteiger partial charge in [-0.25, -0.2) is 23.1 Å². The Kier molecular flexibility index (Phi) is 8.45. The molecule has 4 rings (SSSR count). The first-order valence-electron chi connectivity index (χ1n) is 11.4. The van der Waals surface area contributed by atoms with Gasteiger partial charge in [-0.1, -0.05) is 0 Å². The highest BCUT2D eigenvalue weighted by Crippen LogP contribution is 2.28. The van der Waals surface area contributed by atoms with Crippen LogP contribution in [0.1, 0.15) is 38.7 Å². The van der Waals surface area contributed by atoms with Crippen molar-refractivity contribution in [1.29, 1.82) is 0 Å². The molecule has 1 N–H and O–H groups in total. The van der Waals surface area contributed by atoms with Gasteiger partial charge in [0.05, 0.1) is 41.6 Å². The third kappa shape index (κ3) is 6.95. The largest absolute Gasteiger partial charge is 0.471 e. The predicted molar refractivity (Wildman–Crippen MR) is 125 cm³/mol. The molecule has 0 aromatic carbocycles. The molecule has 0 unspecified atom stereocenters. The van der Waals surface area contributed by atoms with E-state index in [1.807, 2.05) is 0 Å². The monoisotopic (exact) mass is 560 g/mol. The fourth-order valence-electron chi connectivity index (χ4n) is 3.90. The molecule has 38 heavy (non-hydrogen) atoms. The molecule has 1 amide bonds. The first kappa shape index (κ1) is 27.7. The van der Waals surface area contributed by atoms with Crippen molar-refractivity contribution in [2.24, 2.45) is 0 Å². The lowest BCUT2D eigenvalue weighted by atomic mass is 10.1. The normalized spacial score (nSPS) is 18.5. The van der Waals surface area contributed by atoms with E-state index >= 15 is 0 Å². The number of piperidine rings is 1. The lowest BCUT2D eigenvalue weighted by molar-refractivity contribution is -0.141. The van der Waals surface area contributed by atoms with Crippen LogP contribution in [0.4, 0.5) is 32.0 Å². The fourth-order valence-corrected chi connectivity index (χ4v) is 4.78. The Labute approximate surface area is 217 Å². The molecular weight excluding hydrogens is 538 g/mol. The molecule has 3 aromatic heterocycles. The van der Waals surface area contributed by atoms with Crippen LogP contribution in [0.5, 0.6) is 5.88 Å². The number of alkyl halides is 6. The van der Waals surface area contributed by atoms with E-state index in [4.69, 9.17) is 4.74 Å². The van der Waals surface area contributed by atoms with Gasteiger partial charge < -0.3 is 10.1 Å². The Balaban J connectivity index is 1.36. The summed E-state index contributed by atoms with van der Waals surface area (Å²) < 4.78 is 87.4. The lowest BCUT2D eigenvalue weighted by Gasteiger charge is -2.34. The Bertz CT molecular complexity index is 1240. The van der Waals surface area contributed by atoms with Crippen molar-refractivity contribution in [1.82, 2.24) is 24.2 Å². The Morgan fingerprint density at radius 2 is 2.00 bits per heavy atom. The first-order valence-corrected chi connectivity index (χ1v) is 12.2. The topological polar surface area (TPSA) is 93.1 Å². The van der Waals surface area contributed by atoms with Crippen molar-refractivity contribution >= 4 is 23.1 Å². The maximum atomic E-state index is 14.4. The van der Waals surface area contributed by atoms with Crippen LogP contribution in [-0.4, -0.2) is 68.5 Å². The number of carbonyl (C=O) groups excluding carboxylic acids is 1. The van der Waals surface area contributed by atoms with Gasteiger partial charge in [0, 0.05) is 43.1 Å². The Morgan fingerprint density at radius 3 is 2.61 bits per heavy atom. The second-order valence-corrected chi connectivity index (χ2v) is 9.44. The van der Waals surface area contributed by atoms with Crippen LogP contribution in [0.2, 0.25) is 0 Å². The fraction of sp³-hybridized carbons (Fsp3) is 0.435. The number of ether oxygens (including phenoxy) is 1. The van der Waals surface area contributed by atoms with Gasteiger partial charge in [-0.05, 0) is 24.5 Å². The zero-order valence-electron chi connectivity index (χ0n) is 19.9. The molecule has 0 saturated carbocycles. The van der Waals surface area contributed by atoms with Crippen LogP contribution in [-0.2, 0) is 12.6 Å². The third-order valence-electron chi connectivity index (χ3n) is 5.73. The zero-order valence-corrected chi connectivity index (χ0v) is 20.7. The Morgan fingerprint density at radius 1 is 1.21 bits per heavy atom. The molecule has 1 aliphatic rings. The molecule has 1 fully saturated rings. The molecule has 3 aromatic rings. The molecule has 1 aliphatic heterocycles. The number of halogens is 6. The van der Waals surface area contributed by atoms with Crippen molar-refractivity contribution in [3.63, 3.8) is 0 Å². The standard InChI is InChI=1S/C23H22F6N6O2S/c1-12-21(17(38-34-12)6-14-8-31-18(9-30-14)23(27,28)29)22(36)33-13-2-3-20(32-7-13)37-16-4-5-35(10-15(16)24)11-19(25)26/h2-3,7-9,15-16,19H,4-6,10-11H2,1H3,(H,33,36)/t15-,16+/m1/s1. The van der Waals surface area contributed by atoms with E-state index in [0.717, 1.165) is 17.7 Å². The van der Waals surface area contributed by atoms with Gasteiger partial charge in [0.15, 0.2) is 5.69 Å². The van der Waals surface area contributed by atoms with Gasteiger partial charge in [0.25, 0.3) is 12.3 Å². The SMILES string of the molecule is Cc1nsc(Cc2cnc(C(F)(F)F)cn2)c1C(=O)Nc1ccc(O[C@H]2CCN(CC(F)F)C[C@H]2F)nc1. The molecule has 0 aliphatic carbocycles. The minimum Gasteiger partial charge on any atom is -0.471 e. The first-order chi connectivity index (χ1) is 18.0. The molecule has 4 heterocycles. The number of rotatable bonds is 8. The van der Waals surface area contributed by atoms with E-state index in [0.29, 0.717) is 22.5 Å². The average molecular weight is 561 g/mol. The maximum absolute atomic E-state index is 14.4. The van der Waals surface area contributed by atoms with E-state index in [1.54, 1.807) is 6.92 Å². The molecule has 0 spiro atoms. The number of hydrogen-bond donors (Lipinski definition) is 1. The van der Waals surface area contributed by atoms with Crippen LogP contribution < -0.4 is 10.1 Å². The van der Waals surface area contributed by atoms with Crippen molar-refractivity contribution in [2.45, 2.75) is 44.6 Å². The average Bonchev–Trinajstić information content (AvgIpc) is 3.21. The van der Waals surface area contributed by atoms with Crippen LogP contribution in [0, 0.1) is 6.92 Å². The summed E-state index contributed by atoms with van der Waals surface area (Å²) in [6, 6.07) is 2.96. The van der Waals surface area contributed by atoms with E-state index in [1.165, 1.54) is 23.2 Å². The summed E-state index contributed by atoms with van der Waals surface area (Å²) in [5.74, 6) is -0.385. The van der Waals surface area contributed by atoms with E-state index < -0.39 is 43.0 Å². The second kappa shape index (κ2) is 11.6. The number of nitrogens with one attached hydrogen (secondary N) is 1. The lowest BCUT2D eigenvalue weighted by Crippen LogP contribution is -2.48. The van der Waals surface area contributed by atoms with Crippen LogP contribution in [0.3, 0.4) is 0 Å². The van der Waals surface area contributed by atoms with Gasteiger partial charge in [0.2, 0.25) is 5.88 Å². The molecule has 15 heteroatoms. The quantitative estimate of drug-likeness (QED) is 0.404. The van der Waals surface area contributed by atoms with Crippen LogP contribution >= 0.6 is 11.5 Å². The van der Waals surface area contributed by atoms with Gasteiger partial charge >= 0.3 is 6.18 Å². The molecule has 0 bridgehead atoms. The summed E-state index contributed by atoms with van der Waals surface area (Å²) in [6.07, 6.45) is -6.17. The van der Waals surface area contributed by atoms with Crippen LogP contribution in [0.25, 0.3) is 0 Å². The number of nitrogens with zero attached hydrogens (tertiary/aromatic N) is 5. The molecule has 1 saturated heterocycles. The van der Waals surface area contributed by atoms with Gasteiger partial charge in [-0.2, -0.15) is 17.5 Å². The number of anilines is 1. The number of aromatic nitrogens is 4. The summed E-state index contributed by atoms with van der Waals surface area (Å²) >= 11 is 1.03. The summed E-state index contributed by atoms with van der Waals surface area (Å²) in [6.45, 7) is 1.26. The van der Waals surface area contributed by atoms with Crippen molar-refractivity contribution in [3.8, 4) is 5.88 Å². The molecule has 204 valence electrons. The van der Waals surface area contributed by atoms with Crippen molar-refractivity contribution in [2.75, 3.05) is 25.0 Å². The van der Waals surface area contributed by atoms with E-state index in [9.17, 15) is 31.1 Å². The van der Waals surface area contributed by atoms with E-state index in [2.05, 4.69) is 24.6 Å². The summed E-state index contributed by atoms with van der Waals surface area (Å²) in [5.41, 5.74) is 0.135.